The second-order valence-electron chi connectivity index (χ2n) is 11.5. The Morgan fingerprint density at radius 2 is 1.26 bits per heavy atom. The highest BCUT2D eigenvalue weighted by Crippen LogP contribution is 2.78. The smallest absolute Gasteiger partial charge is 0.303 e. The molecule has 6 saturated carbocycles. The predicted octanol–water partition coefficient (Wildman–Crippen LogP) is 8.28. The zero-order valence-corrected chi connectivity index (χ0v) is 19.2. The van der Waals surface area contributed by atoms with Crippen LogP contribution in [0.25, 0.3) is 0 Å². The molecule has 0 amide bonds. The zero-order chi connectivity index (χ0) is 25.0. The standard InChI is InChI=1S/C25H28F8O/c1-15-3-4-16(18(27)17(15)26)23(28,29)34-22-13-11-21(12-14-22,24(30,31)25(22,32)33)20-8-5-19(2,6-9-20)7-10-20/h3-4H,5-14H2,1-2H3. The van der Waals surface area contributed by atoms with E-state index in [1.807, 2.05) is 0 Å². The largest absolute Gasteiger partial charge is 0.387 e. The highest BCUT2D eigenvalue weighted by Gasteiger charge is 2.86. The Bertz CT molecular complexity index is 984. The fourth-order valence-electron chi connectivity index (χ4n) is 7.59. The SMILES string of the molecule is Cc1ccc(C(F)(F)OC23CCC(C45CCC(C)(CC4)CC5)(CC2)C(F)(F)C3(F)F)c(F)c1F. The predicted molar refractivity (Wildman–Crippen MR) is 108 cm³/mol. The normalized spacial score (nSPS) is 40.5. The molecule has 0 N–H and O–H groups in total. The van der Waals surface area contributed by atoms with Crippen molar-refractivity contribution in [3.8, 4) is 0 Å². The molecule has 6 aliphatic rings. The summed E-state index contributed by atoms with van der Waals surface area (Å²) in [6, 6.07) is 1.40. The van der Waals surface area contributed by atoms with Gasteiger partial charge in [-0.15, -0.1) is 0 Å². The van der Waals surface area contributed by atoms with E-state index >= 15 is 17.6 Å². The van der Waals surface area contributed by atoms with Gasteiger partial charge in [0, 0.05) is 5.41 Å². The van der Waals surface area contributed by atoms with Gasteiger partial charge in [0.25, 0.3) is 0 Å². The summed E-state index contributed by atoms with van der Waals surface area (Å²) in [5.74, 6) is -13.0. The number of benzene rings is 1. The average molecular weight is 496 g/mol. The van der Waals surface area contributed by atoms with E-state index in [0.29, 0.717) is 44.6 Å². The Labute approximate surface area is 193 Å². The van der Waals surface area contributed by atoms with E-state index in [0.717, 1.165) is 13.0 Å². The molecule has 0 saturated heterocycles. The van der Waals surface area contributed by atoms with Crippen LogP contribution in [0.4, 0.5) is 35.1 Å². The van der Waals surface area contributed by atoms with Crippen molar-refractivity contribution in [1.82, 2.24) is 0 Å². The lowest BCUT2D eigenvalue weighted by atomic mass is 9.38. The van der Waals surface area contributed by atoms with Crippen LogP contribution >= 0.6 is 0 Å². The van der Waals surface area contributed by atoms with Crippen LogP contribution in [-0.2, 0) is 10.8 Å². The van der Waals surface area contributed by atoms with Gasteiger partial charge in [-0.2, -0.15) is 26.3 Å². The van der Waals surface area contributed by atoms with Gasteiger partial charge in [-0.3, -0.25) is 0 Å². The van der Waals surface area contributed by atoms with Crippen molar-refractivity contribution < 1.29 is 39.9 Å². The highest BCUT2D eigenvalue weighted by molar-refractivity contribution is 5.29. The molecule has 9 heteroatoms. The Hall–Kier alpha value is -1.38. The molecule has 1 aromatic carbocycles. The van der Waals surface area contributed by atoms with Crippen molar-refractivity contribution in [3.05, 3.63) is 34.9 Å². The van der Waals surface area contributed by atoms with Gasteiger partial charge >= 0.3 is 18.0 Å². The Morgan fingerprint density at radius 3 is 1.79 bits per heavy atom. The number of ether oxygens (including phenoxy) is 1. The van der Waals surface area contributed by atoms with Gasteiger partial charge in [0.1, 0.15) is 5.60 Å². The van der Waals surface area contributed by atoms with Crippen molar-refractivity contribution in [2.45, 2.75) is 102 Å². The minimum absolute atomic E-state index is 0.0435. The van der Waals surface area contributed by atoms with Gasteiger partial charge < -0.3 is 4.74 Å². The Kier molecular flexibility index (Phi) is 4.92. The maximum Gasteiger partial charge on any atom is 0.387 e. The summed E-state index contributed by atoms with van der Waals surface area (Å²) < 4.78 is 126. The van der Waals surface area contributed by atoms with E-state index < -0.39 is 64.4 Å². The van der Waals surface area contributed by atoms with Crippen LogP contribution in [-0.4, -0.2) is 17.4 Å². The molecule has 0 radical (unpaired) electrons. The molecule has 34 heavy (non-hydrogen) atoms. The molecular formula is C25H28F8O. The Balaban J connectivity index is 1.52. The molecule has 0 aromatic heterocycles. The van der Waals surface area contributed by atoms with E-state index in [1.54, 1.807) is 0 Å². The lowest BCUT2D eigenvalue weighted by Gasteiger charge is -2.69. The van der Waals surface area contributed by atoms with Gasteiger partial charge in [0.2, 0.25) is 0 Å². The first-order chi connectivity index (χ1) is 15.6. The second-order valence-corrected chi connectivity index (χ2v) is 11.5. The van der Waals surface area contributed by atoms with E-state index in [4.69, 9.17) is 0 Å². The van der Waals surface area contributed by atoms with Crippen LogP contribution in [0.1, 0.15) is 82.3 Å². The minimum Gasteiger partial charge on any atom is -0.303 e. The summed E-state index contributed by atoms with van der Waals surface area (Å²) in [5, 5.41) is 0. The number of rotatable bonds is 4. The first kappa shape index (κ1) is 24.3. The molecule has 0 spiro atoms. The van der Waals surface area contributed by atoms with Crippen molar-refractivity contribution in [1.29, 1.82) is 0 Å². The van der Waals surface area contributed by atoms with Gasteiger partial charge in [-0.25, -0.2) is 8.78 Å². The highest BCUT2D eigenvalue weighted by atomic mass is 19.3. The summed E-state index contributed by atoms with van der Waals surface area (Å²) in [4.78, 5) is 0. The first-order valence-corrected chi connectivity index (χ1v) is 11.9. The molecule has 6 fully saturated rings. The molecule has 1 nitrogen and oxygen atoms in total. The molecular weight excluding hydrogens is 468 g/mol. The first-order valence-electron chi connectivity index (χ1n) is 11.9. The summed E-state index contributed by atoms with van der Waals surface area (Å²) in [5.41, 5.74) is -7.93. The van der Waals surface area contributed by atoms with Crippen molar-refractivity contribution >= 4 is 0 Å². The summed E-state index contributed by atoms with van der Waals surface area (Å²) in [6.45, 7) is 3.24. The van der Waals surface area contributed by atoms with Gasteiger partial charge in [0.15, 0.2) is 11.6 Å². The van der Waals surface area contributed by atoms with Crippen LogP contribution in [0, 0.1) is 34.8 Å². The van der Waals surface area contributed by atoms with Crippen LogP contribution in [0.2, 0.25) is 0 Å². The monoisotopic (exact) mass is 496 g/mol. The maximum absolute atomic E-state index is 15.9. The van der Waals surface area contributed by atoms with E-state index in [2.05, 4.69) is 11.7 Å². The average Bonchev–Trinajstić information content (AvgIpc) is 2.77. The number of alkyl halides is 6. The zero-order valence-electron chi connectivity index (χ0n) is 19.2. The molecule has 4 bridgehead atoms. The van der Waals surface area contributed by atoms with Gasteiger partial charge in [-0.1, -0.05) is 13.0 Å². The van der Waals surface area contributed by atoms with Gasteiger partial charge in [-0.05, 0) is 93.6 Å². The fourth-order valence-corrected chi connectivity index (χ4v) is 7.59. The third-order valence-corrected chi connectivity index (χ3v) is 10.0. The Morgan fingerprint density at radius 1 is 0.735 bits per heavy atom. The fraction of sp³-hybridized carbons (Fsp3) is 0.760. The molecule has 190 valence electrons. The number of hydrogen-bond donors (Lipinski definition) is 0. The van der Waals surface area contributed by atoms with E-state index in [-0.39, 0.29) is 23.8 Å². The van der Waals surface area contributed by atoms with Crippen LogP contribution in [0.3, 0.4) is 0 Å². The van der Waals surface area contributed by atoms with Crippen molar-refractivity contribution in [2.75, 3.05) is 0 Å². The number of hydrogen-bond acceptors (Lipinski definition) is 1. The lowest BCUT2D eigenvalue weighted by molar-refractivity contribution is -0.451. The van der Waals surface area contributed by atoms with E-state index in [1.165, 1.54) is 0 Å². The van der Waals surface area contributed by atoms with Crippen molar-refractivity contribution in [3.63, 3.8) is 0 Å². The van der Waals surface area contributed by atoms with E-state index in [9.17, 15) is 17.6 Å². The molecule has 1 aromatic rings. The molecule has 0 atom stereocenters. The summed E-state index contributed by atoms with van der Waals surface area (Å²) in [6.07, 6.45) is -3.50. The topological polar surface area (TPSA) is 9.23 Å². The quantitative estimate of drug-likeness (QED) is 0.381. The molecule has 6 aliphatic carbocycles. The number of aryl methyl sites for hydroxylation is 1. The molecule has 7 rings (SSSR count). The maximum atomic E-state index is 15.9. The van der Waals surface area contributed by atoms with Gasteiger partial charge in [0.05, 0.1) is 5.56 Å². The van der Waals surface area contributed by atoms with Crippen molar-refractivity contribution in [2.24, 2.45) is 16.2 Å². The minimum atomic E-state index is -4.90. The lowest BCUT2D eigenvalue weighted by Crippen LogP contribution is -2.77. The summed E-state index contributed by atoms with van der Waals surface area (Å²) >= 11 is 0. The molecule has 0 unspecified atom stereocenters. The molecule has 0 heterocycles. The number of fused-ring (bicyclic) bond motifs is 6. The molecule has 0 aliphatic heterocycles. The second kappa shape index (κ2) is 6.88. The van der Waals surface area contributed by atoms with Crippen LogP contribution < -0.4 is 0 Å². The third kappa shape index (κ3) is 2.76. The van der Waals surface area contributed by atoms with Crippen LogP contribution in [0.5, 0.6) is 0 Å². The summed E-state index contributed by atoms with van der Waals surface area (Å²) in [7, 11) is 0. The van der Waals surface area contributed by atoms with Crippen LogP contribution in [0.15, 0.2) is 12.1 Å². The number of halogens is 8. The third-order valence-electron chi connectivity index (χ3n) is 10.0.